The average Bonchev–Trinajstić information content (AvgIpc) is 3.25. The van der Waals surface area contributed by atoms with Crippen molar-refractivity contribution in [3.63, 3.8) is 0 Å². The lowest BCUT2D eigenvalue weighted by Gasteiger charge is -2.29. The second-order valence-corrected chi connectivity index (χ2v) is 7.18. The Morgan fingerprint density at radius 2 is 1.96 bits per heavy atom. The molecule has 142 valence electrons. The summed E-state index contributed by atoms with van der Waals surface area (Å²) in [5.74, 6) is -0.0905. The highest BCUT2D eigenvalue weighted by Gasteiger charge is 2.20. The number of aryl methyl sites for hydroxylation is 1. The topological polar surface area (TPSA) is 50.8 Å². The Hall–Kier alpha value is -2.37. The summed E-state index contributed by atoms with van der Waals surface area (Å²) < 4.78 is 11.2. The molecule has 0 aliphatic carbocycles. The molecule has 5 nitrogen and oxygen atoms in total. The highest BCUT2D eigenvalue weighted by Crippen LogP contribution is 2.32. The molecule has 0 saturated carbocycles. The number of nitrogens with one attached hydrogen (secondary N) is 1. The van der Waals surface area contributed by atoms with Crippen molar-refractivity contribution in [2.24, 2.45) is 0 Å². The normalized spacial score (nSPS) is 19.9. The summed E-state index contributed by atoms with van der Waals surface area (Å²) in [6, 6.07) is 13.9. The molecule has 0 aromatic heterocycles. The van der Waals surface area contributed by atoms with Crippen molar-refractivity contribution in [2.45, 2.75) is 25.9 Å². The maximum atomic E-state index is 12.8. The van der Waals surface area contributed by atoms with Crippen molar-refractivity contribution < 1.29 is 14.3 Å². The molecule has 1 N–H and O–H groups in total. The van der Waals surface area contributed by atoms with E-state index in [1.54, 1.807) is 0 Å². The first-order chi connectivity index (χ1) is 13.2. The van der Waals surface area contributed by atoms with Crippen LogP contribution in [0, 0.1) is 6.92 Å². The third-order valence-electron chi connectivity index (χ3n) is 5.30. The molecule has 2 aliphatic rings. The first-order valence-electron chi connectivity index (χ1n) is 9.67. The number of hydrogen-bond donors (Lipinski definition) is 1. The van der Waals surface area contributed by atoms with Crippen LogP contribution >= 0.6 is 0 Å². The number of rotatable bonds is 4. The molecule has 0 radical (unpaired) electrons. The van der Waals surface area contributed by atoms with Gasteiger partial charge in [0.2, 0.25) is 0 Å². The lowest BCUT2D eigenvalue weighted by molar-refractivity contribution is 0.102. The number of ether oxygens (including phenoxy) is 2. The molecular formula is C22H26N2O3. The van der Waals surface area contributed by atoms with Crippen LogP contribution in [-0.4, -0.2) is 38.8 Å². The maximum absolute atomic E-state index is 12.8. The standard InChI is InChI=1S/C22H26N2O3/c1-16-7-8-18(15-20(16)21-6-3-11-27-21)23-22(25)17-4-2-5-19(14-17)24-9-12-26-13-10-24/h2,4-5,7-8,14-15,21H,3,6,9-13H2,1H3,(H,23,25). The van der Waals surface area contributed by atoms with Crippen LogP contribution in [0.2, 0.25) is 0 Å². The monoisotopic (exact) mass is 366 g/mol. The molecule has 1 atom stereocenters. The summed E-state index contributed by atoms with van der Waals surface area (Å²) in [7, 11) is 0. The molecule has 2 fully saturated rings. The van der Waals surface area contributed by atoms with Crippen molar-refractivity contribution in [3.8, 4) is 0 Å². The Bertz CT molecular complexity index is 809. The predicted molar refractivity (Wildman–Crippen MR) is 107 cm³/mol. The van der Waals surface area contributed by atoms with Gasteiger partial charge in [-0.1, -0.05) is 12.1 Å². The largest absolute Gasteiger partial charge is 0.378 e. The zero-order valence-corrected chi connectivity index (χ0v) is 15.7. The van der Waals surface area contributed by atoms with E-state index < -0.39 is 0 Å². The molecule has 27 heavy (non-hydrogen) atoms. The van der Waals surface area contributed by atoms with Gasteiger partial charge in [-0.2, -0.15) is 0 Å². The van der Waals surface area contributed by atoms with Gasteiger partial charge >= 0.3 is 0 Å². The highest BCUT2D eigenvalue weighted by atomic mass is 16.5. The van der Waals surface area contributed by atoms with Gasteiger partial charge in [0.25, 0.3) is 5.91 Å². The van der Waals surface area contributed by atoms with Crippen molar-refractivity contribution in [1.29, 1.82) is 0 Å². The molecule has 2 heterocycles. The Morgan fingerprint density at radius 1 is 1.11 bits per heavy atom. The summed E-state index contributed by atoms with van der Waals surface area (Å²) in [5, 5.41) is 3.04. The van der Waals surface area contributed by atoms with Crippen LogP contribution in [0.5, 0.6) is 0 Å². The number of benzene rings is 2. The molecule has 2 aliphatic heterocycles. The van der Waals surface area contributed by atoms with E-state index in [2.05, 4.69) is 29.3 Å². The minimum atomic E-state index is -0.0905. The molecule has 4 rings (SSSR count). The van der Waals surface area contributed by atoms with E-state index in [1.165, 1.54) is 11.1 Å². The van der Waals surface area contributed by atoms with Crippen LogP contribution in [-0.2, 0) is 9.47 Å². The lowest BCUT2D eigenvalue weighted by atomic mass is 10.0. The molecule has 1 unspecified atom stereocenters. The Kier molecular flexibility index (Phi) is 5.41. The van der Waals surface area contributed by atoms with Crippen molar-refractivity contribution >= 4 is 17.3 Å². The SMILES string of the molecule is Cc1ccc(NC(=O)c2cccc(N3CCOCC3)c2)cc1C1CCCO1. The van der Waals surface area contributed by atoms with Crippen molar-refractivity contribution in [1.82, 2.24) is 0 Å². The van der Waals surface area contributed by atoms with Crippen LogP contribution in [0.15, 0.2) is 42.5 Å². The van der Waals surface area contributed by atoms with Crippen LogP contribution < -0.4 is 10.2 Å². The quantitative estimate of drug-likeness (QED) is 0.891. The molecule has 0 bridgehead atoms. The summed E-state index contributed by atoms with van der Waals surface area (Å²) >= 11 is 0. The Balaban J connectivity index is 1.50. The third-order valence-corrected chi connectivity index (χ3v) is 5.30. The van der Waals surface area contributed by atoms with E-state index in [1.807, 2.05) is 30.3 Å². The van der Waals surface area contributed by atoms with Crippen molar-refractivity contribution in [3.05, 3.63) is 59.2 Å². The van der Waals surface area contributed by atoms with Gasteiger partial charge < -0.3 is 19.7 Å². The summed E-state index contributed by atoms with van der Waals surface area (Å²) in [5.41, 5.74) is 4.92. The number of hydrogen-bond acceptors (Lipinski definition) is 4. The third kappa shape index (κ3) is 4.15. The zero-order valence-electron chi connectivity index (χ0n) is 15.7. The van der Waals surface area contributed by atoms with Crippen LogP contribution in [0.3, 0.4) is 0 Å². The Morgan fingerprint density at radius 3 is 2.74 bits per heavy atom. The second-order valence-electron chi connectivity index (χ2n) is 7.18. The maximum Gasteiger partial charge on any atom is 0.255 e. The smallest absolute Gasteiger partial charge is 0.255 e. The lowest BCUT2D eigenvalue weighted by Crippen LogP contribution is -2.36. The Labute approximate surface area is 160 Å². The number of morpholine rings is 1. The fourth-order valence-electron chi connectivity index (χ4n) is 3.76. The fourth-order valence-corrected chi connectivity index (χ4v) is 3.76. The van der Waals surface area contributed by atoms with E-state index in [9.17, 15) is 4.79 Å². The van der Waals surface area contributed by atoms with E-state index in [0.29, 0.717) is 5.56 Å². The van der Waals surface area contributed by atoms with E-state index >= 15 is 0 Å². The molecule has 5 heteroatoms. The summed E-state index contributed by atoms with van der Waals surface area (Å²) in [6.07, 6.45) is 2.28. The fraction of sp³-hybridized carbons (Fsp3) is 0.409. The second kappa shape index (κ2) is 8.11. The van der Waals surface area contributed by atoms with E-state index in [-0.39, 0.29) is 12.0 Å². The molecule has 1 amide bonds. The minimum absolute atomic E-state index is 0.0905. The van der Waals surface area contributed by atoms with Gasteiger partial charge in [-0.05, 0) is 61.2 Å². The number of carbonyl (C=O) groups excluding carboxylic acids is 1. The van der Waals surface area contributed by atoms with Gasteiger partial charge in [-0.25, -0.2) is 0 Å². The minimum Gasteiger partial charge on any atom is -0.378 e. The predicted octanol–water partition coefficient (Wildman–Crippen LogP) is 3.94. The molecular weight excluding hydrogens is 340 g/mol. The van der Waals surface area contributed by atoms with Gasteiger partial charge in [0.15, 0.2) is 0 Å². The van der Waals surface area contributed by atoms with Crippen molar-refractivity contribution in [2.75, 3.05) is 43.1 Å². The van der Waals surface area contributed by atoms with Crippen LogP contribution in [0.25, 0.3) is 0 Å². The summed E-state index contributed by atoms with van der Waals surface area (Å²) in [4.78, 5) is 15.0. The zero-order chi connectivity index (χ0) is 18.6. The first kappa shape index (κ1) is 18.0. The van der Waals surface area contributed by atoms with Gasteiger partial charge in [0.05, 0.1) is 19.3 Å². The highest BCUT2D eigenvalue weighted by molar-refractivity contribution is 6.04. The molecule has 2 aromatic rings. The van der Waals surface area contributed by atoms with Gasteiger partial charge in [0.1, 0.15) is 0 Å². The number of anilines is 2. The van der Waals surface area contributed by atoms with E-state index in [4.69, 9.17) is 9.47 Å². The molecule has 0 spiro atoms. The van der Waals surface area contributed by atoms with Gasteiger partial charge in [-0.3, -0.25) is 4.79 Å². The first-order valence-corrected chi connectivity index (χ1v) is 9.67. The number of nitrogens with zero attached hydrogens (tertiary/aromatic N) is 1. The average molecular weight is 366 g/mol. The molecule has 2 saturated heterocycles. The number of carbonyl (C=O) groups is 1. The molecule has 2 aromatic carbocycles. The van der Waals surface area contributed by atoms with Crippen LogP contribution in [0.4, 0.5) is 11.4 Å². The van der Waals surface area contributed by atoms with Crippen LogP contribution in [0.1, 0.15) is 40.4 Å². The van der Waals surface area contributed by atoms with Gasteiger partial charge in [-0.15, -0.1) is 0 Å². The number of amides is 1. The van der Waals surface area contributed by atoms with E-state index in [0.717, 1.165) is 57.1 Å². The van der Waals surface area contributed by atoms with Gasteiger partial charge in [0, 0.05) is 36.6 Å². The summed E-state index contributed by atoms with van der Waals surface area (Å²) in [6.45, 7) is 6.07.